The molecule has 0 fully saturated rings. The number of carboxylic acids is 1. The first-order chi connectivity index (χ1) is 8.72. The van der Waals surface area contributed by atoms with Gasteiger partial charge in [-0.2, -0.15) is 4.72 Å². The molecule has 0 radical (unpaired) electrons. The highest BCUT2D eigenvalue weighted by atomic mass is 35.5. The van der Waals surface area contributed by atoms with E-state index in [9.17, 15) is 13.2 Å². The topological polar surface area (TPSA) is 96.4 Å². The van der Waals surface area contributed by atoms with E-state index >= 15 is 0 Å². The summed E-state index contributed by atoms with van der Waals surface area (Å²) in [4.78, 5) is 14.5. The Morgan fingerprint density at radius 2 is 2.11 bits per heavy atom. The third kappa shape index (κ3) is 4.77. The quantitative estimate of drug-likeness (QED) is 0.830. The number of carboxylic acid groups (broad SMARTS) is 1. The molecule has 0 aliphatic carbocycles. The van der Waals surface area contributed by atoms with Crippen LogP contribution in [0.2, 0.25) is 5.02 Å². The summed E-state index contributed by atoms with van der Waals surface area (Å²) in [6, 6.07) is 0.0366. The predicted octanol–water partition coefficient (Wildman–Crippen LogP) is 1.51. The zero-order valence-corrected chi connectivity index (χ0v) is 12.1. The molecule has 0 aromatic carbocycles. The second-order valence-electron chi connectivity index (χ2n) is 4.48. The van der Waals surface area contributed by atoms with Gasteiger partial charge >= 0.3 is 5.97 Å². The fraction of sp³-hybridized carbons (Fsp3) is 0.455. The Morgan fingerprint density at radius 3 is 2.58 bits per heavy atom. The van der Waals surface area contributed by atoms with E-state index in [0.29, 0.717) is 0 Å². The highest BCUT2D eigenvalue weighted by Gasteiger charge is 2.26. The van der Waals surface area contributed by atoms with Crippen molar-refractivity contribution < 1.29 is 18.3 Å². The van der Waals surface area contributed by atoms with Crippen molar-refractivity contribution in [3.8, 4) is 0 Å². The molecule has 8 heteroatoms. The minimum absolute atomic E-state index is 0.0429. The first-order valence-electron chi connectivity index (χ1n) is 5.58. The average Bonchev–Trinajstić information content (AvgIpc) is 2.27. The third-order valence-corrected chi connectivity index (χ3v) is 3.94. The fourth-order valence-corrected chi connectivity index (χ4v) is 2.89. The van der Waals surface area contributed by atoms with Crippen LogP contribution in [-0.2, 0) is 14.8 Å². The fourth-order valence-electron chi connectivity index (χ4n) is 1.47. The van der Waals surface area contributed by atoms with Crippen LogP contribution in [0.15, 0.2) is 23.4 Å². The molecule has 1 atom stereocenters. The van der Waals surface area contributed by atoms with E-state index in [-0.39, 0.29) is 22.3 Å². The maximum Gasteiger partial charge on any atom is 0.321 e. The second-order valence-corrected chi connectivity index (χ2v) is 6.63. The Kier molecular flexibility index (Phi) is 5.28. The summed E-state index contributed by atoms with van der Waals surface area (Å²) in [5.41, 5.74) is 0. The van der Waals surface area contributed by atoms with Crippen LogP contribution in [-0.4, -0.2) is 30.5 Å². The van der Waals surface area contributed by atoms with E-state index in [1.807, 2.05) is 13.8 Å². The van der Waals surface area contributed by atoms with Crippen LogP contribution in [0.3, 0.4) is 0 Å². The van der Waals surface area contributed by atoms with Gasteiger partial charge in [0, 0.05) is 12.4 Å². The zero-order valence-electron chi connectivity index (χ0n) is 10.5. The lowest BCUT2D eigenvalue weighted by Crippen LogP contribution is -2.41. The number of halogens is 1. The Labute approximate surface area is 116 Å². The number of nitrogens with one attached hydrogen (secondary N) is 1. The molecule has 1 rings (SSSR count). The standard InChI is InChI=1S/C11H15ClN2O4S/c1-7(2)3-10(11(15)16)14-19(17,18)9-4-8(12)5-13-6-9/h4-7,10,14H,3H2,1-2H3,(H,15,16)/t10-/m0/s1. The first kappa shape index (κ1) is 15.9. The van der Waals surface area contributed by atoms with Crippen LogP contribution >= 0.6 is 11.6 Å². The molecular weight excluding hydrogens is 292 g/mol. The van der Waals surface area contributed by atoms with Gasteiger partial charge in [-0.1, -0.05) is 25.4 Å². The van der Waals surface area contributed by atoms with Crippen LogP contribution in [0.5, 0.6) is 0 Å². The summed E-state index contributed by atoms with van der Waals surface area (Å²) in [7, 11) is -3.95. The molecule has 0 saturated carbocycles. The Balaban J connectivity index is 2.97. The molecule has 0 spiro atoms. The van der Waals surface area contributed by atoms with E-state index in [2.05, 4.69) is 9.71 Å². The van der Waals surface area contributed by atoms with Gasteiger partial charge in [0.15, 0.2) is 0 Å². The van der Waals surface area contributed by atoms with Crippen molar-refractivity contribution in [3.05, 3.63) is 23.5 Å². The van der Waals surface area contributed by atoms with Crippen molar-refractivity contribution in [2.24, 2.45) is 5.92 Å². The maximum absolute atomic E-state index is 12.0. The van der Waals surface area contributed by atoms with Crippen LogP contribution in [0.1, 0.15) is 20.3 Å². The van der Waals surface area contributed by atoms with Gasteiger partial charge in [-0.3, -0.25) is 9.78 Å². The zero-order chi connectivity index (χ0) is 14.6. The summed E-state index contributed by atoms with van der Waals surface area (Å²) in [5.74, 6) is -1.17. The second kappa shape index (κ2) is 6.31. The molecule has 19 heavy (non-hydrogen) atoms. The van der Waals surface area contributed by atoms with Crippen LogP contribution in [0.4, 0.5) is 0 Å². The summed E-state index contributed by atoms with van der Waals surface area (Å²) in [6.45, 7) is 3.62. The number of hydrogen-bond donors (Lipinski definition) is 2. The summed E-state index contributed by atoms with van der Waals surface area (Å²) in [5, 5.41) is 9.18. The third-order valence-electron chi connectivity index (χ3n) is 2.29. The molecule has 0 aliphatic rings. The lowest BCUT2D eigenvalue weighted by molar-refractivity contribution is -0.139. The molecule has 0 unspecified atom stereocenters. The average molecular weight is 307 g/mol. The van der Waals surface area contributed by atoms with Gasteiger partial charge in [0.2, 0.25) is 10.0 Å². The highest BCUT2D eigenvalue weighted by Crippen LogP contribution is 2.15. The van der Waals surface area contributed by atoms with Gasteiger partial charge in [0.05, 0.1) is 5.02 Å². The number of carbonyl (C=O) groups is 1. The van der Waals surface area contributed by atoms with Gasteiger partial charge in [-0.15, -0.1) is 0 Å². The number of pyridine rings is 1. The van der Waals surface area contributed by atoms with E-state index < -0.39 is 22.0 Å². The van der Waals surface area contributed by atoms with Gasteiger partial charge in [-0.05, 0) is 18.4 Å². The number of aliphatic carboxylic acids is 1. The molecular formula is C11H15ClN2O4S. The van der Waals surface area contributed by atoms with E-state index in [1.54, 1.807) is 0 Å². The summed E-state index contributed by atoms with van der Waals surface area (Å²) < 4.78 is 26.2. The first-order valence-corrected chi connectivity index (χ1v) is 7.44. The molecule has 0 saturated heterocycles. The molecule has 0 amide bonds. The molecule has 106 valence electrons. The number of hydrogen-bond acceptors (Lipinski definition) is 4. The van der Waals surface area contributed by atoms with Gasteiger partial charge in [0.1, 0.15) is 10.9 Å². The van der Waals surface area contributed by atoms with Crippen molar-refractivity contribution >= 4 is 27.6 Å². The molecule has 1 aromatic heterocycles. The van der Waals surface area contributed by atoms with Crippen molar-refractivity contribution in [1.29, 1.82) is 0 Å². The van der Waals surface area contributed by atoms with Crippen molar-refractivity contribution in [3.63, 3.8) is 0 Å². The smallest absolute Gasteiger partial charge is 0.321 e. The van der Waals surface area contributed by atoms with Crippen LogP contribution in [0, 0.1) is 5.92 Å². The molecule has 2 N–H and O–H groups in total. The Bertz CT molecular complexity index is 560. The molecule has 0 bridgehead atoms. The van der Waals surface area contributed by atoms with Crippen LogP contribution < -0.4 is 4.72 Å². The van der Waals surface area contributed by atoms with E-state index in [0.717, 1.165) is 6.20 Å². The highest BCUT2D eigenvalue weighted by molar-refractivity contribution is 7.89. The Morgan fingerprint density at radius 1 is 1.47 bits per heavy atom. The van der Waals surface area contributed by atoms with Gasteiger partial charge < -0.3 is 5.11 Å². The molecule has 1 heterocycles. The van der Waals surface area contributed by atoms with Crippen molar-refractivity contribution in [1.82, 2.24) is 9.71 Å². The minimum Gasteiger partial charge on any atom is -0.480 e. The molecule has 0 aliphatic heterocycles. The Hall–Kier alpha value is -1.18. The molecule has 1 aromatic rings. The minimum atomic E-state index is -3.95. The van der Waals surface area contributed by atoms with Crippen LogP contribution in [0.25, 0.3) is 0 Å². The van der Waals surface area contributed by atoms with Gasteiger partial charge in [0.25, 0.3) is 0 Å². The predicted molar refractivity (Wildman–Crippen MR) is 70.4 cm³/mol. The van der Waals surface area contributed by atoms with E-state index in [4.69, 9.17) is 16.7 Å². The monoisotopic (exact) mass is 306 g/mol. The van der Waals surface area contributed by atoms with Crippen molar-refractivity contribution in [2.45, 2.75) is 31.2 Å². The molecule has 6 nitrogen and oxygen atoms in total. The lowest BCUT2D eigenvalue weighted by atomic mass is 10.1. The largest absolute Gasteiger partial charge is 0.480 e. The summed E-state index contributed by atoms with van der Waals surface area (Å²) in [6.07, 6.45) is 2.61. The number of nitrogens with zero attached hydrogens (tertiary/aromatic N) is 1. The maximum atomic E-state index is 12.0. The lowest BCUT2D eigenvalue weighted by Gasteiger charge is -2.16. The summed E-state index contributed by atoms with van der Waals surface area (Å²) >= 11 is 5.66. The normalized spacial score (nSPS) is 13.5. The number of rotatable bonds is 6. The number of sulfonamides is 1. The number of aromatic nitrogens is 1. The SMILES string of the molecule is CC(C)C[C@H](NS(=O)(=O)c1cncc(Cl)c1)C(=O)O. The van der Waals surface area contributed by atoms with Crippen molar-refractivity contribution in [2.75, 3.05) is 0 Å². The van der Waals surface area contributed by atoms with Gasteiger partial charge in [-0.25, -0.2) is 8.42 Å². The van der Waals surface area contributed by atoms with E-state index in [1.165, 1.54) is 12.3 Å².